The maximum Gasteiger partial charge on any atom is 0.252 e. The molecule has 7 nitrogen and oxygen atoms in total. The molecule has 1 saturated heterocycles. The minimum Gasteiger partial charge on any atom is -0.454 e. The molecule has 2 N–H and O–H groups in total. The zero-order valence-corrected chi connectivity index (χ0v) is 11.7. The number of nitrogens with zero attached hydrogens (tertiary/aromatic N) is 1. The maximum absolute atomic E-state index is 12.6. The van der Waals surface area contributed by atoms with Gasteiger partial charge in [-0.15, -0.1) is 0 Å². The fourth-order valence-corrected chi connectivity index (χ4v) is 2.47. The molecule has 1 fully saturated rings. The van der Waals surface area contributed by atoms with Crippen molar-refractivity contribution in [2.45, 2.75) is 13.0 Å². The molecule has 2 aliphatic heterocycles. The van der Waals surface area contributed by atoms with Gasteiger partial charge in [0.15, 0.2) is 11.5 Å². The minimum absolute atomic E-state index is 0.154. The van der Waals surface area contributed by atoms with E-state index in [1.54, 1.807) is 18.2 Å². The number of anilines is 1. The van der Waals surface area contributed by atoms with Gasteiger partial charge in [0.1, 0.15) is 6.04 Å². The van der Waals surface area contributed by atoms with E-state index in [0.29, 0.717) is 30.3 Å². The number of carbonyl (C=O) groups excluding carboxylic acids is 2. The van der Waals surface area contributed by atoms with Crippen LogP contribution in [0, 0.1) is 0 Å². The summed E-state index contributed by atoms with van der Waals surface area (Å²) in [5, 5.41) is 6.25. The highest BCUT2D eigenvalue weighted by Gasteiger charge is 2.30. The number of ether oxygens (including phenoxy) is 2. The third-order valence-electron chi connectivity index (χ3n) is 3.49. The molecule has 0 aromatic heterocycles. The summed E-state index contributed by atoms with van der Waals surface area (Å²) in [7, 11) is 0. The number of nitrogens with one attached hydrogen (secondary N) is 2. The lowest BCUT2D eigenvalue weighted by Crippen LogP contribution is -2.57. The first-order valence-corrected chi connectivity index (χ1v) is 6.85. The molecule has 21 heavy (non-hydrogen) atoms. The normalized spacial score (nSPS) is 20.1. The molecule has 7 heteroatoms. The number of carbonyl (C=O) groups is 2. The molecular formula is C14H17N3O4. The molecule has 2 heterocycles. The van der Waals surface area contributed by atoms with Crippen LogP contribution in [-0.4, -0.2) is 44.3 Å². The average Bonchev–Trinajstić information content (AvgIpc) is 2.95. The highest BCUT2D eigenvalue weighted by molar-refractivity contribution is 6.16. The fourth-order valence-electron chi connectivity index (χ4n) is 2.47. The predicted octanol–water partition coefficient (Wildman–Crippen LogP) is -0.144. The van der Waals surface area contributed by atoms with Crippen molar-refractivity contribution in [3.05, 3.63) is 18.2 Å². The van der Waals surface area contributed by atoms with E-state index in [2.05, 4.69) is 10.6 Å². The van der Waals surface area contributed by atoms with Gasteiger partial charge in [-0.25, -0.2) is 4.90 Å². The molecule has 112 valence electrons. The second-order valence-corrected chi connectivity index (χ2v) is 4.94. The standard InChI is InChI=1S/C14H17N3O4/c1-9(18)17(14(19)11-7-15-4-5-16-11)10-2-3-12-13(6-10)21-8-20-12/h2-3,6,11,15-16H,4-5,7-8H2,1H3. The van der Waals surface area contributed by atoms with Crippen LogP contribution in [0.2, 0.25) is 0 Å². The van der Waals surface area contributed by atoms with Gasteiger partial charge in [-0.05, 0) is 12.1 Å². The van der Waals surface area contributed by atoms with Gasteiger partial charge in [0.25, 0.3) is 5.91 Å². The maximum atomic E-state index is 12.6. The summed E-state index contributed by atoms with van der Waals surface area (Å²) >= 11 is 0. The van der Waals surface area contributed by atoms with Crippen molar-refractivity contribution in [1.29, 1.82) is 0 Å². The number of hydrogen-bond donors (Lipinski definition) is 2. The monoisotopic (exact) mass is 291 g/mol. The minimum atomic E-state index is -0.409. The first-order valence-electron chi connectivity index (χ1n) is 6.85. The van der Waals surface area contributed by atoms with E-state index in [1.807, 2.05) is 0 Å². The third kappa shape index (κ3) is 2.70. The van der Waals surface area contributed by atoms with Crippen LogP contribution in [0.15, 0.2) is 18.2 Å². The van der Waals surface area contributed by atoms with Crippen LogP contribution in [0.3, 0.4) is 0 Å². The van der Waals surface area contributed by atoms with E-state index in [4.69, 9.17) is 9.47 Å². The molecule has 1 aromatic rings. The van der Waals surface area contributed by atoms with Crippen molar-refractivity contribution in [2.75, 3.05) is 31.3 Å². The Bertz CT molecular complexity index is 569. The molecule has 1 unspecified atom stereocenters. The first-order chi connectivity index (χ1) is 10.2. The largest absolute Gasteiger partial charge is 0.454 e. The van der Waals surface area contributed by atoms with Crippen LogP contribution in [-0.2, 0) is 9.59 Å². The van der Waals surface area contributed by atoms with Crippen LogP contribution in [0.25, 0.3) is 0 Å². The molecule has 0 spiro atoms. The van der Waals surface area contributed by atoms with E-state index in [1.165, 1.54) is 11.8 Å². The van der Waals surface area contributed by atoms with Crippen molar-refractivity contribution < 1.29 is 19.1 Å². The molecule has 0 aliphatic carbocycles. The summed E-state index contributed by atoms with van der Waals surface area (Å²) in [4.78, 5) is 25.7. The Morgan fingerprint density at radius 2 is 2.05 bits per heavy atom. The zero-order chi connectivity index (χ0) is 14.8. The summed E-state index contributed by atoms with van der Waals surface area (Å²) in [6.45, 7) is 3.55. The Labute approximate surface area is 122 Å². The lowest BCUT2D eigenvalue weighted by Gasteiger charge is -2.28. The summed E-state index contributed by atoms with van der Waals surface area (Å²) in [5.74, 6) is 0.563. The molecule has 3 rings (SSSR count). The molecule has 0 radical (unpaired) electrons. The number of imide groups is 1. The van der Waals surface area contributed by atoms with Crippen molar-refractivity contribution in [1.82, 2.24) is 10.6 Å². The lowest BCUT2D eigenvalue weighted by molar-refractivity contribution is -0.126. The lowest BCUT2D eigenvalue weighted by atomic mass is 10.1. The van der Waals surface area contributed by atoms with Crippen LogP contribution < -0.4 is 25.0 Å². The van der Waals surface area contributed by atoms with Crippen molar-refractivity contribution in [3.8, 4) is 11.5 Å². The predicted molar refractivity (Wildman–Crippen MR) is 75.4 cm³/mol. The van der Waals surface area contributed by atoms with E-state index in [0.717, 1.165) is 6.54 Å². The summed E-state index contributed by atoms with van der Waals surface area (Å²) in [6, 6.07) is 4.63. The van der Waals surface area contributed by atoms with Gasteiger partial charge in [-0.3, -0.25) is 9.59 Å². The molecule has 2 amide bonds. The number of amides is 2. The molecular weight excluding hydrogens is 274 g/mol. The number of fused-ring (bicyclic) bond motifs is 1. The van der Waals surface area contributed by atoms with Crippen molar-refractivity contribution in [2.24, 2.45) is 0 Å². The number of piperazine rings is 1. The van der Waals surface area contributed by atoms with Crippen molar-refractivity contribution >= 4 is 17.5 Å². The Balaban J connectivity index is 1.87. The fraction of sp³-hybridized carbons (Fsp3) is 0.429. The van der Waals surface area contributed by atoms with Crippen LogP contribution >= 0.6 is 0 Å². The highest BCUT2D eigenvalue weighted by Crippen LogP contribution is 2.35. The molecule has 1 aromatic carbocycles. The van der Waals surface area contributed by atoms with Gasteiger partial charge in [-0.1, -0.05) is 0 Å². The second kappa shape index (κ2) is 5.71. The van der Waals surface area contributed by atoms with Gasteiger partial charge < -0.3 is 20.1 Å². The molecule has 0 saturated carbocycles. The Kier molecular flexibility index (Phi) is 3.76. The van der Waals surface area contributed by atoms with E-state index >= 15 is 0 Å². The van der Waals surface area contributed by atoms with Gasteiger partial charge in [0, 0.05) is 32.6 Å². The summed E-state index contributed by atoms with van der Waals surface area (Å²) in [5.41, 5.74) is 0.490. The van der Waals surface area contributed by atoms with Crippen LogP contribution in [0.1, 0.15) is 6.92 Å². The zero-order valence-electron chi connectivity index (χ0n) is 11.7. The van der Waals surface area contributed by atoms with Crippen LogP contribution in [0.5, 0.6) is 11.5 Å². The number of rotatable bonds is 2. The van der Waals surface area contributed by atoms with Gasteiger partial charge in [0.2, 0.25) is 12.7 Å². The van der Waals surface area contributed by atoms with Crippen molar-refractivity contribution in [3.63, 3.8) is 0 Å². The van der Waals surface area contributed by atoms with E-state index in [9.17, 15) is 9.59 Å². The second-order valence-electron chi connectivity index (χ2n) is 4.94. The Hall–Kier alpha value is -2.12. The highest BCUT2D eigenvalue weighted by atomic mass is 16.7. The first kappa shape index (κ1) is 13.8. The average molecular weight is 291 g/mol. The van der Waals surface area contributed by atoms with Gasteiger partial charge in [-0.2, -0.15) is 0 Å². The molecule has 2 aliphatic rings. The SMILES string of the molecule is CC(=O)N(C(=O)C1CNCCN1)c1ccc2c(c1)OCO2. The van der Waals surface area contributed by atoms with Crippen LogP contribution in [0.4, 0.5) is 5.69 Å². The molecule has 0 bridgehead atoms. The summed E-state index contributed by atoms with van der Waals surface area (Å²) in [6.07, 6.45) is 0. The number of benzene rings is 1. The third-order valence-corrected chi connectivity index (χ3v) is 3.49. The molecule has 1 atom stereocenters. The Morgan fingerprint density at radius 3 is 2.76 bits per heavy atom. The quantitative estimate of drug-likeness (QED) is 0.789. The van der Waals surface area contributed by atoms with E-state index in [-0.39, 0.29) is 18.6 Å². The Morgan fingerprint density at radius 1 is 1.24 bits per heavy atom. The van der Waals surface area contributed by atoms with Gasteiger partial charge in [0.05, 0.1) is 5.69 Å². The van der Waals surface area contributed by atoms with E-state index < -0.39 is 6.04 Å². The summed E-state index contributed by atoms with van der Waals surface area (Å²) < 4.78 is 10.5. The number of hydrogen-bond acceptors (Lipinski definition) is 6. The topological polar surface area (TPSA) is 79.9 Å². The van der Waals surface area contributed by atoms with Gasteiger partial charge >= 0.3 is 0 Å². The smallest absolute Gasteiger partial charge is 0.252 e.